The molecule has 0 aliphatic rings. The summed E-state index contributed by atoms with van der Waals surface area (Å²) in [6, 6.07) is 14.8. The first kappa shape index (κ1) is 12.7. The summed E-state index contributed by atoms with van der Waals surface area (Å²) in [5.41, 5.74) is 0.516. The average Bonchev–Trinajstić information content (AvgIpc) is 2.91. The Morgan fingerprint density at radius 1 is 1.00 bits per heavy atom. The van der Waals surface area contributed by atoms with Crippen molar-refractivity contribution in [2.45, 2.75) is 0 Å². The molecule has 4 aromatic rings. The quantitative estimate of drug-likeness (QED) is 0.445. The lowest BCUT2D eigenvalue weighted by Crippen LogP contribution is -1.92. The molecule has 21 heavy (non-hydrogen) atoms. The fourth-order valence-electron chi connectivity index (χ4n) is 2.30. The van der Waals surface area contributed by atoms with Crippen molar-refractivity contribution in [2.75, 3.05) is 0 Å². The molecular formula is C16H8ClFN2S. The highest BCUT2D eigenvalue weighted by Crippen LogP contribution is 2.33. The monoisotopic (exact) mass is 314 g/mol. The second-order valence-electron chi connectivity index (χ2n) is 4.62. The third-order valence-corrected chi connectivity index (χ3v) is 4.66. The molecule has 0 atom stereocenters. The second-order valence-corrected chi connectivity index (χ2v) is 6.06. The van der Waals surface area contributed by atoms with Crippen LogP contribution in [0.3, 0.4) is 0 Å². The van der Waals surface area contributed by atoms with Crippen LogP contribution in [-0.4, -0.2) is 9.97 Å². The van der Waals surface area contributed by atoms with Crippen LogP contribution < -0.4 is 0 Å². The zero-order chi connectivity index (χ0) is 14.4. The molecule has 0 amide bonds. The minimum absolute atomic E-state index is 0.144. The van der Waals surface area contributed by atoms with Crippen molar-refractivity contribution in [3.8, 4) is 10.7 Å². The number of thiophene rings is 1. The van der Waals surface area contributed by atoms with Crippen molar-refractivity contribution in [3.63, 3.8) is 0 Å². The lowest BCUT2D eigenvalue weighted by atomic mass is 10.2. The van der Waals surface area contributed by atoms with E-state index in [0.29, 0.717) is 11.3 Å². The first-order chi connectivity index (χ1) is 10.2. The minimum atomic E-state index is -0.402. The summed E-state index contributed by atoms with van der Waals surface area (Å²) in [6.45, 7) is 0. The SMILES string of the molecule is Fc1cccc2nc(-c3cc4ccccc4s3)nc(Cl)c12. The van der Waals surface area contributed by atoms with Gasteiger partial charge in [-0.05, 0) is 29.7 Å². The van der Waals surface area contributed by atoms with Crippen LogP contribution in [0.2, 0.25) is 5.15 Å². The lowest BCUT2D eigenvalue weighted by Gasteiger charge is -2.03. The number of hydrogen-bond donors (Lipinski definition) is 0. The van der Waals surface area contributed by atoms with Gasteiger partial charge in [0.25, 0.3) is 0 Å². The average molecular weight is 315 g/mol. The Kier molecular flexibility index (Phi) is 2.87. The standard InChI is InChI=1S/C16H8ClFN2S/c17-15-14-10(18)5-3-6-11(14)19-16(20-15)13-8-9-4-1-2-7-12(9)21-13/h1-8H. The van der Waals surface area contributed by atoms with Crippen LogP contribution in [0.1, 0.15) is 0 Å². The first-order valence-corrected chi connectivity index (χ1v) is 7.52. The van der Waals surface area contributed by atoms with Gasteiger partial charge in [-0.3, -0.25) is 0 Å². The predicted molar refractivity (Wildman–Crippen MR) is 85.3 cm³/mol. The summed E-state index contributed by atoms with van der Waals surface area (Å²) in [7, 11) is 0. The summed E-state index contributed by atoms with van der Waals surface area (Å²) < 4.78 is 14.9. The first-order valence-electron chi connectivity index (χ1n) is 6.33. The Hall–Kier alpha value is -2.04. The molecule has 5 heteroatoms. The van der Waals surface area contributed by atoms with E-state index in [9.17, 15) is 4.39 Å². The van der Waals surface area contributed by atoms with Crippen LogP contribution in [0, 0.1) is 5.82 Å². The second kappa shape index (κ2) is 4.76. The molecule has 102 valence electrons. The van der Waals surface area contributed by atoms with E-state index in [1.54, 1.807) is 23.5 Å². The van der Waals surface area contributed by atoms with Gasteiger partial charge in [0.15, 0.2) is 5.82 Å². The van der Waals surface area contributed by atoms with Gasteiger partial charge in [0.05, 0.1) is 15.8 Å². The van der Waals surface area contributed by atoms with Crippen LogP contribution >= 0.6 is 22.9 Å². The topological polar surface area (TPSA) is 25.8 Å². The van der Waals surface area contributed by atoms with E-state index in [1.165, 1.54) is 6.07 Å². The van der Waals surface area contributed by atoms with E-state index in [0.717, 1.165) is 15.0 Å². The molecule has 2 aromatic heterocycles. The maximum absolute atomic E-state index is 13.8. The number of rotatable bonds is 1. The maximum atomic E-state index is 13.8. The summed E-state index contributed by atoms with van der Waals surface area (Å²) in [4.78, 5) is 9.61. The molecule has 0 bridgehead atoms. The molecule has 0 saturated carbocycles. The zero-order valence-electron chi connectivity index (χ0n) is 10.7. The number of nitrogens with zero attached hydrogens (tertiary/aromatic N) is 2. The number of benzene rings is 2. The Labute approximate surface area is 128 Å². The summed E-state index contributed by atoms with van der Waals surface area (Å²) in [5, 5.41) is 1.55. The largest absolute Gasteiger partial charge is 0.227 e. The van der Waals surface area contributed by atoms with Crippen molar-refractivity contribution < 1.29 is 4.39 Å². The van der Waals surface area contributed by atoms with Crippen LogP contribution in [0.5, 0.6) is 0 Å². The van der Waals surface area contributed by atoms with Crippen LogP contribution in [0.15, 0.2) is 48.5 Å². The van der Waals surface area contributed by atoms with Gasteiger partial charge in [0.1, 0.15) is 11.0 Å². The van der Waals surface area contributed by atoms with Crippen molar-refractivity contribution in [1.29, 1.82) is 0 Å². The van der Waals surface area contributed by atoms with Gasteiger partial charge < -0.3 is 0 Å². The highest BCUT2D eigenvalue weighted by Gasteiger charge is 2.13. The van der Waals surface area contributed by atoms with Crippen molar-refractivity contribution in [2.24, 2.45) is 0 Å². The molecule has 0 radical (unpaired) electrons. The van der Waals surface area contributed by atoms with Gasteiger partial charge in [-0.15, -0.1) is 11.3 Å². The summed E-state index contributed by atoms with van der Waals surface area (Å²) >= 11 is 7.72. The molecule has 4 rings (SSSR count). The van der Waals surface area contributed by atoms with Gasteiger partial charge >= 0.3 is 0 Å². The van der Waals surface area contributed by atoms with Crippen LogP contribution in [0.4, 0.5) is 4.39 Å². The van der Waals surface area contributed by atoms with Crippen LogP contribution in [0.25, 0.3) is 31.7 Å². The fraction of sp³-hybridized carbons (Fsp3) is 0. The molecule has 0 aliphatic carbocycles. The molecule has 0 spiro atoms. The Morgan fingerprint density at radius 2 is 1.86 bits per heavy atom. The smallest absolute Gasteiger partial charge is 0.171 e. The van der Waals surface area contributed by atoms with Gasteiger partial charge in [-0.2, -0.15) is 0 Å². The van der Waals surface area contributed by atoms with Crippen LogP contribution in [-0.2, 0) is 0 Å². The van der Waals surface area contributed by atoms with Gasteiger partial charge in [-0.1, -0.05) is 35.9 Å². The number of fused-ring (bicyclic) bond motifs is 2. The van der Waals surface area contributed by atoms with Gasteiger partial charge in [-0.25, -0.2) is 14.4 Å². The van der Waals surface area contributed by atoms with E-state index < -0.39 is 5.82 Å². The molecule has 0 unspecified atom stereocenters. The minimum Gasteiger partial charge on any atom is -0.227 e. The van der Waals surface area contributed by atoms with Gasteiger partial charge in [0.2, 0.25) is 0 Å². The molecule has 2 aromatic carbocycles. The third-order valence-electron chi connectivity index (χ3n) is 3.27. The van der Waals surface area contributed by atoms with E-state index in [4.69, 9.17) is 11.6 Å². The number of halogens is 2. The highest BCUT2D eigenvalue weighted by atomic mass is 35.5. The van der Waals surface area contributed by atoms with E-state index in [2.05, 4.69) is 9.97 Å². The van der Waals surface area contributed by atoms with Crippen molar-refractivity contribution >= 4 is 43.9 Å². The molecule has 0 aliphatic heterocycles. The molecular weight excluding hydrogens is 307 g/mol. The van der Waals surface area contributed by atoms with Crippen molar-refractivity contribution in [1.82, 2.24) is 9.97 Å². The zero-order valence-corrected chi connectivity index (χ0v) is 12.2. The van der Waals surface area contributed by atoms with Crippen molar-refractivity contribution in [3.05, 3.63) is 59.5 Å². The highest BCUT2D eigenvalue weighted by molar-refractivity contribution is 7.22. The van der Waals surface area contributed by atoms with E-state index in [-0.39, 0.29) is 10.5 Å². The Balaban J connectivity index is 1.98. The Bertz CT molecular complexity index is 948. The molecule has 0 fully saturated rings. The molecule has 0 N–H and O–H groups in total. The summed E-state index contributed by atoms with van der Waals surface area (Å²) in [5.74, 6) is 0.125. The Morgan fingerprint density at radius 3 is 2.71 bits per heavy atom. The predicted octanol–water partition coefficient (Wildman–Crippen LogP) is 5.30. The van der Waals surface area contributed by atoms with E-state index in [1.807, 2.05) is 30.3 Å². The molecule has 0 saturated heterocycles. The fourth-order valence-corrected chi connectivity index (χ4v) is 3.56. The van der Waals surface area contributed by atoms with Gasteiger partial charge in [0, 0.05) is 4.70 Å². The summed E-state index contributed by atoms with van der Waals surface area (Å²) in [6.07, 6.45) is 0. The molecule has 2 heterocycles. The maximum Gasteiger partial charge on any atom is 0.171 e. The number of hydrogen-bond acceptors (Lipinski definition) is 3. The lowest BCUT2D eigenvalue weighted by molar-refractivity contribution is 0.639. The molecule has 2 nitrogen and oxygen atoms in total. The number of aromatic nitrogens is 2. The van der Waals surface area contributed by atoms with E-state index >= 15 is 0 Å². The normalized spacial score (nSPS) is 11.3. The third kappa shape index (κ3) is 2.07.